The standard InChI is InChI=1S/C23H31NO3/c1-4-21(26-17-25)24-23(15-8-7-14-22(2,3)16-23)27-20-13-9-11-18-10-5-6-12-19(18)20/h5-6,9-13,17,21,24H,4,7-8,14-16H2,1-3H3. The minimum absolute atomic E-state index is 0.146. The number of hydrogen-bond acceptors (Lipinski definition) is 4. The van der Waals surface area contributed by atoms with Crippen LogP contribution in [0, 0.1) is 5.41 Å². The molecule has 0 radical (unpaired) electrons. The number of benzene rings is 2. The average molecular weight is 370 g/mol. The highest BCUT2D eigenvalue weighted by atomic mass is 16.6. The number of carbonyl (C=O) groups is 1. The van der Waals surface area contributed by atoms with Crippen LogP contribution in [0.2, 0.25) is 0 Å². The van der Waals surface area contributed by atoms with Gasteiger partial charge in [-0.2, -0.15) is 0 Å². The van der Waals surface area contributed by atoms with Crippen LogP contribution in [0.3, 0.4) is 0 Å². The molecule has 1 aliphatic rings. The molecular formula is C23H31NO3. The van der Waals surface area contributed by atoms with Crippen LogP contribution in [0.15, 0.2) is 42.5 Å². The summed E-state index contributed by atoms with van der Waals surface area (Å²) in [7, 11) is 0. The Kier molecular flexibility index (Phi) is 6.05. The molecule has 0 spiro atoms. The van der Waals surface area contributed by atoms with Crippen molar-refractivity contribution in [3.05, 3.63) is 42.5 Å². The van der Waals surface area contributed by atoms with Crippen molar-refractivity contribution >= 4 is 17.2 Å². The number of fused-ring (bicyclic) bond motifs is 1. The van der Waals surface area contributed by atoms with Crippen molar-refractivity contribution in [3.8, 4) is 5.75 Å². The molecule has 4 nitrogen and oxygen atoms in total. The van der Waals surface area contributed by atoms with E-state index in [2.05, 4.69) is 37.4 Å². The van der Waals surface area contributed by atoms with Crippen LogP contribution < -0.4 is 10.1 Å². The first kappa shape index (κ1) is 19.7. The summed E-state index contributed by atoms with van der Waals surface area (Å²) in [5, 5.41) is 5.82. The van der Waals surface area contributed by atoms with Crippen molar-refractivity contribution < 1.29 is 14.3 Å². The Morgan fingerprint density at radius 3 is 2.63 bits per heavy atom. The number of hydrogen-bond donors (Lipinski definition) is 1. The van der Waals surface area contributed by atoms with E-state index in [9.17, 15) is 4.79 Å². The summed E-state index contributed by atoms with van der Waals surface area (Å²) in [5.41, 5.74) is -0.415. The van der Waals surface area contributed by atoms with E-state index in [4.69, 9.17) is 9.47 Å². The first-order chi connectivity index (χ1) is 13.0. The smallest absolute Gasteiger partial charge is 0.294 e. The predicted octanol–water partition coefficient (Wildman–Crippen LogP) is 5.40. The fourth-order valence-electron chi connectivity index (χ4n) is 4.29. The third kappa shape index (κ3) is 4.81. The Morgan fingerprint density at radius 2 is 1.85 bits per heavy atom. The molecule has 3 rings (SSSR count). The molecule has 2 aromatic rings. The van der Waals surface area contributed by atoms with Gasteiger partial charge in [-0.3, -0.25) is 4.79 Å². The van der Waals surface area contributed by atoms with Gasteiger partial charge in [0.15, 0.2) is 12.0 Å². The summed E-state index contributed by atoms with van der Waals surface area (Å²) in [6.45, 7) is 7.12. The Balaban J connectivity index is 1.99. The van der Waals surface area contributed by atoms with E-state index in [1.807, 2.05) is 31.2 Å². The lowest BCUT2D eigenvalue weighted by atomic mass is 9.82. The average Bonchev–Trinajstić information content (AvgIpc) is 2.79. The van der Waals surface area contributed by atoms with Gasteiger partial charge in [0.2, 0.25) is 0 Å². The second-order valence-corrected chi connectivity index (χ2v) is 8.40. The van der Waals surface area contributed by atoms with E-state index in [1.54, 1.807) is 0 Å². The lowest BCUT2D eigenvalue weighted by Crippen LogP contribution is -2.56. The topological polar surface area (TPSA) is 47.6 Å². The SMILES string of the molecule is CCC(NC1(Oc2cccc3ccccc23)CCCCC(C)(C)C1)OC=O. The van der Waals surface area contributed by atoms with Gasteiger partial charge in [0.05, 0.1) is 0 Å². The van der Waals surface area contributed by atoms with Crippen LogP contribution in [0.1, 0.15) is 59.3 Å². The van der Waals surface area contributed by atoms with Crippen molar-refractivity contribution in [3.63, 3.8) is 0 Å². The van der Waals surface area contributed by atoms with Crippen LogP contribution >= 0.6 is 0 Å². The van der Waals surface area contributed by atoms with Crippen molar-refractivity contribution in [1.82, 2.24) is 5.32 Å². The van der Waals surface area contributed by atoms with Crippen molar-refractivity contribution in [2.75, 3.05) is 0 Å². The molecule has 27 heavy (non-hydrogen) atoms. The van der Waals surface area contributed by atoms with E-state index >= 15 is 0 Å². The molecule has 0 bridgehead atoms. The van der Waals surface area contributed by atoms with E-state index in [0.717, 1.165) is 35.8 Å². The maximum Gasteiger partial charge on any atom is 0.294 e. The zero-order chi connectivity index (χ0) is 19.3. The van der Waals surface area contributed by atoms with Gasteiger partial charge < -0.3 is 9.47 Å². The minimum Gasteiger partial charge on any atom is -0.472 e. The zero-order valence-corrected chi connectivity index (χ0v) is 16.7. The molecule has 1 N–H and O–H groups in total. The number of rotatable bonds is 7. The molecule has 1 aliphatic carbocycles. The van der Waals surface area contributed by atoms with Gasteiger partial charge in [-0.05, 0) is 36.1 Å². The number of ether oxygens (including phenoxy) is 2. The van der Waals surface area contributed by atoms with Crippen LogP contribution in [0.4, 0.5) is 0 Å². The maximum absolute atomic E-state index is 10.9. The van der Waals surface area contributed by atoms with Gasteiger partial charge in [0.25, 0.3) is 6.47 Å². The maximum atomic E-state index is 10.9. The largest absolute Gasteiger partial charge is 0.472 e. The van der Waals surface area contributed by atoms with Gasteiger partial charge in [-0.1, -0.05) is 63.6 Å². The minimum atomic E-state index is -0.562. The van der Waals surface area contributed by atoms with Gasteiger partial charge in [-0.25, -0.2) is 5.32 Å². The summed E-state index contributed by atoms with van der Waals surface area (Å²) in [5.74, 6) is 0.874. The first-order valence-corrected chi connectivity index (χ1v) is 10.0. The molecule has 0 heterocycles. The van der Waals surface area contributed by atoms with Crippen LogP contribution in [0.5, 0.6) is 5.75 Å². The highest BCUT2D eigenvalue weighted by molar-refractivity contribution is 5.88. The van der Waals surface area contributed by atoms with E-state index in [1.165, 1.54) is 12.8 Å². The van der Waals surface area contributed by atoms with Gasteiger partial charge in [-0.15, -0.1) is 0 Å². The van der Waals surface area contributed by atoms with E-state index < -0.39 is 5.72 Å². The molecule has 0 saturated heterocycles. The lowest BCUT2D eigenvalue weighted by molar-refractivity contribution is -0.141. The monoisotopic (exact) mass is 369 g/mol. The van der Waals surface area contributed by atoms with Gasteiger partial charge in [0.1, 0.15) is 5.75 Å². The zero-order valence-electron chi connectivity index (χ0n) is 16.7. The summed E-state index contributed by atoms with van der Waals surface area (Å²) < 4.78 is 12.0. The van der Waals surface area contributed by atoms with Crippen molar-refractivity contribution in [1.29, 1.82) is 0 Å². The molecular weight excluding hydrogens is 338 g/mol. The van der Waals surface area contributed by atoms with E-state index in [-0.39, 0.29) is 11.6 Å². The molecule has 2 aromatic carbocycles. The number of carbonyl (C=O) groups excluding carboxylic acids is 1. The van der Waals surface area contributed by atoms with Crippen molar-refractivity contribution in [2.24, 2.45) is 5.41 Å². The quantitative estimate of drug-likeness (QED) is 0.403. The highest BCUT2D eigenvalue weighted by Crippen LogP contribution is 2.42. The van der Waals surface area contributed by atoms with Crippen LogP contribution in [-0.2, 0) is 9.53 Å². The molecule has 2 unspecified atom stereocenters. The molecule has 146 valence electrons. The molecule has 0 aliphatic heterocycles. The Morgan fingerprint density at radius 1 is 1.11 bits per heavy atom. The van der Waals surface area contributed by atoms with Crippen LogP contribution in [-0.4, -0.2) is 18.4 Å². The fraction of sp³-hybridized carbons (Fsp3) is 0.522. The third-order valence-electron chi connectivity index (χ3n) is 5.52. The molecule has 0 amide bonds. The molecule has 4 heteroatoms. The van der Waals surface area contributed by atoms with Gasteiger partial charge >= 0.3 is 0 Å². The third-order valence-corrected chi connectivity index (χ3v) is 5.52. The summed E-state index contributed by atoms with van der Waals surface area (Å²) in [4.78, 5) is 10.9. The molecule has 1 saturated carbocycles. The first-order valence-electron chi connectivity index (χ1n) is 10.0. The lowest BCUT2D eigenvalue weighted by Gasteiger charge is -2.41. The van der Waals surface area contributed by atoms with Crippen molar-refractivity contribution in [2.45, 2.75) is 71.2 Å². The normalized spacial score (nSPS) is 23.4. The van der Waals surface area contributed by atoms with Gasteiger partial charge in [0, 0.05) is 18.2 Å². The molecule has 2 atom stereocenters. The van der Waals surface area contributed by atoms with E-state index in [0.29, 0.717) is 12.9 Å². The summed E-state index contributed by atoms with van der Waals surface area (Å²) in [6.07, 6.45) is 5.52. The predicted molar refractivity (Wildman–Crippen MR) is 109 cm³/mol. The second-order valence-electron chi connectivity index (χ2n) is 8.40. The Labute approximate surface area is 162 Å². The second kappa shape index (κ2) is 8.30. The van der Waals surface area contributed by atoms with Crippen LogP contribution in [0.25, 0.3) is 10.8 Å². The molecule has 0 aromatic heterocycles. The summed E-state index contributed by atoms with van der Waals surface area (Å²) >= 11 is 0. The highest BCUT2D eigenvalue weighted by Gasteiger charge is 2.42. The molecule has 1 fully saturated rings. The number of nitrogens with one attached hydrogen (secondary N) is 1. The fourth-order valence-corrected chi connectivity index (χ4v) is 4.29. The Hall–Kier alpha value is -2.07. The Bertz CT molecular complexity index is 768. The summed E-state index contributed by atoms with van der Waals surface area (Å²) in [6, 6.07) is 14.4.